The molecule has 2 aromatic carbocycles. The van der Waals surface area contributed by atoms with Gasteiger partial charge in [-0.25, -0.2) is 4.39 Å². The Bertz CT molecular complexity index is 570. The molecule has 3 nitrogen and oxygen atoms in total. The first-order chi connectivity index (χ1) is 9.29. The zero-order valence-electron chi connectivity index (χ0n) is 10.5. The number of benzene rings is 2. The van der Waals surface area contributed by atoms with Crippen molar-refractivity contribution in [3.8, 4) is 5.75 Å². The molecule has 0 saturated carbocycles. The van der Waals surface area contributed by atoms with Crippen LogP contribution in [0.25, 0.3) is 0 Å². The van der Waals surface area contributed by atoms with E-state index in [9.17, 15) is 4.39 Å². The van der Waals surface area contributed by atoms with E-state index in [0.717, 1.165) is 11.3 Å². The van der Waals surface area contributed by atoms with Crippen LogP contribution in [0.15, 0.2) is 53.7 Å². The standard InChI is InChI=1S/C15H14FNO2/c1-18-14-7-4-5-12(9-14)10-17-19-11-13-6-2-3-8-15(13)16/h2-10H,11H2,1H3. The van der Waals surface area contributed by atoms with Crippen LogP contribution < -0.4 is 4.74 Å². The molecule has 0 aromatic heterocycles. The zero-order chi connectivity index (χ0) is 13.5. The summed E-state index contributed by atoms with van der Waals surface area (Å²) >= 11 is 0. The van der Waals surface area contributed by atoms with Crippen LogP contribution in [0, 0.1) is 5.82 Å². The van der Waals surface area contributed by atoms with E-state index in [-0.39, 0.29) is 12.4 Å². The highest BCUT2D eigenvalue weighted by molar-refractivity contribution is 5.79. The van der Waals surface area contributed by atoms with E-state index in [1.54, 1.807) is 31.5 Å². The highest BCUT2D eigenvalue weighted by Gasteiger charge is 1.99. The van der Waals surface area contributed by atoms with Gasteiger partial charge in [-0.2, -0.15) is 0 Å². The van der Waals surface area contributed by atoms with Gasteiger partial charge in [-0.1, -0.05) is 35.5 Å². The van der Waals surface area contributed by atoms with Crippen LogP contribution >= 0.6 is 0 Å². The maximum Gasteiger partial charge on any atom is 0.145 e. The average Bonchev–Trinajstić information content (AvgIpc) is 2.45. The van der Waals surface area contributed by atoms with Gasteiger partial charge in [0.15, 0.2) is 0 Å². The molecule has 0 heterocycles. The summed E-state index contributed by atoms with van der Waals surface area (Å²) < 4.78 is 18.4. The lowest BCUT2D eigenvalue weighted by Gasteiger charge is -2.01. The van der Waals surface area contributed by atoms with Crippen molar-refractivity contribution >= 4 is 6.21 Å². The summed E-state index contributed by atoms with van der Waals surface area (Å²) in [5.74, 6) is 0.456. The summed E-state index contributed by atoms with van der Waals surface area (Å²) in [6, 6.07) is 13.9. The molecule has 0 aliphatic rings. The van der Waals surface area contributed by atoms with Gasteiger partial charge in [-0.15, -0.1) is 0 Å². The molecular weight excluding hydrogens is 245 g/mol. The Morgan fingerprint density at radius 2 is 2.00 bits per heavy atom. The number of nitrogens with zero attached hydrogens (tertiary/aromatic N) is 1. The predicted octanol–water partition coefficient (Wildman–Crippen LogP) is 3.39. The molecule has 0 aliphatic carbocycles. The molecule has 0 bridgehead atoms. The van der Waals surface area contributed by atoms with Gasteiger partial charge in [0.2, 0.25) is 0 Å². The van der Waals surface area contributed by atoms with Crippen molar-refractivity contribution in [1.29, 1.82) is 0 Å². The lowest BCUT2D eigenvalue weighted by molar-refractivity contribution is 0.129. The highest BCUT2D eigenvalue weighted by atomic mass is 19.1. The molecule has 0 fully saturated rings. The maximum absolute atomic E-state index is 13.3. The minimum atomic E-state index is -0.293. The van der Waals surface area contributed by atoms with E-state index in [4.69, 9.17) is 9.57 Å². The monoisotopic (exact) mass is 259 g/mol. The normalized spacial score (nSPS) is 10.6. The van der Waals surface area contributed by atoms with E-state index >= 15 is 0 Å². The Morgan fingerprint density at radius 1 is 1.16 bits per heavy atom. The lowest BCUT2D eigenvalue weighted by atomic mass is 10.2. The van der Waals surface area contributed by atoms with Gasteiger partial charge >= 0.3 is 0 Å². The lowest BCUT2D eigenvalue weighted by Crippen LogP contribution is -1.92. The first-order valence-electron chi connectivity index (χ1n) is 5.82. The minimum absolute atomic E-state index is 0.104. The van der Waals surface area contributed by atoms with Gasteiger partial charge < -0.3 is 9.57 Å². The third-order valence-corrected chi connectivity index (χ3v) is 2.55. The fourth-order valence-electron chi connectivity index (χ4n) is 1.54. The van der Waals surface area contributed by atoms with E-state index in [2.05, 4.69) is 5.16 Å². The number of ether oxygens (including phenoxy) is 1. The van der Waals surface area contributed by atoms with Gasteiger partial charge in [0.25, 0.3) is 0 Å². The quantitative estimate of drug-likeness (QED) is 0.608. The van der Waals surface area contributed by atoms with Gasteiger partial charge in [0.1, 0.15) is 18.2 Å². The van der Waals surface area contributed by atoms with Crippen molar-refractivity contribution in [2.75, 3.05) is 7.11 Å². The Balaban J connectivity index is 1.91. The molecule has 0 amide bonds. The number of hydrogen-bond acceptors (Lipinski definition) is 3. The summed E-state index contributed by atoms with van der Waals surface area (Å²) in [5.41, 5.74) is 1.33. The van der Waals surface area contributed by atoms with Crippen LogP contribution in [0.2, 0.25) is 0 Å². The van der Waals surface area contributed by atoms with Crippen molar-refractivity contribution in [3.63, 3.8) is 0 Å². The van der Waals surface area contributed by atoms with Gasteiger partial charge in [-0.05, 0) is 23.8 Å². The number of halogens is 1. The van der Waals surface area contributed by atoms with Crippen LogP contribution in [0.3, 0.4) is 0 Å². The highest BCUT2D eigenvalue weighted by Crippen LogP contribution is 2.11. The molecule has 0 N–H and O–H groups in total. The molecule has 0 aliphatic heterocycles. The summed E-state index contributed by atoms with van der Waals surface area (Å²) in [4.78, 5) is 5.07. The summed E-state index contributed by atoms with van der Waals surface area (Å²) in [6.45, 7) is 0.104. The topological polar surface area (TPSA) is 30.8 Å². The zero-order valence-corrected chi connectivity index (χ0v) is 10.5. The van der Waals surface area contributed by atoms with Crippen LogP contribution in [-0.2, 0) is 11.4 Å². The van der Waals surface area contributed by atoms with Crippen LogP contribution in [0.5, 0.6) is 5.75 Å². The van der Waals surface area contributed by atoms with Crippen molar-refractivity contribution < 1.29 is 14.0 Å². The van der Waals surface area contributed by atoms with E-state index in [1.807, 2.05) is 24.3 Å². The number of methoxy groups -OCH3 is 1. The molecular formula is C15H14FNO2. The van der Waals surface area contributed by atoms with Crippen molar-refractivity contribution in [1.82, 2.24) is 0 Å². The van der Waals surface area contributed by atoms with Gasteiger partial charge in [0, 0.05) is 5.56 Å². The summed E-state index contributed by atoms with van der Waals surface area (Å²) in [5, 5.41) is 3.81. The fraction of sp³-hybridized carbons (Fsp3) is 0.133. The third-order valence-electron chi connectivity index (χ3n) is 2.55. The molecule has 0 saturated heterocycles. The van der Waals surface area contributed by atoms with Crippen LogP contribution in [0.1, 0.15) is 11.1 Å². The Morgan fingerprint density at radius 3 is 2.79 bits per heavy atom. The van der Waals surface area contributed by atoms with Gasteiger partial charge in [-0.3, -0.25) is 0 Å². The Labute approximate surface area is 111 Å². The van der Waals surface area contributed by atoms with Gasteiger partial charge in [0.05, 0.1) is 13.3 Å². The van der Waals surface area contributed by atoms with Crippen molar-refractivity contribution in [3.05, 3.63) is 65.5 Å². The predicted molar refractivity (Wildman–Crippen MR) is 71.8 cm³/mol. The Hall–Kier alpha value is -2.36. The Kier molecular flexibility index (Phi) is 4.50. The molecule has 19 heavy (non-hydrogen) atoms. The summed E-state index contributed by atoms with van der Waals surface area (Å²) in [6.07, 6.45) is 1.56. The second-order valence-corrected chi connectivity index (χ2v) is 3.88. The third kappa shape index (κ3) is 3.81. The molecule has 0 spiro atoms. The molecule has 2 aromatic rings. The second-order valence-electron chi connectivity index (χ2n) is 3.88. The second kappa shape index (κ2) is 6.54. The maximum atomic E-state index is 13.3. The molecule has 0 unspecified atom stereocenters. The molecule has 98 valence electrons. The number of oxime groups is 1. The molecule has 0 atom stereocenters. The van der Waals surface area contributed by atoms with E-state index < -0.39 is 0 Å². The smallest absolute Gasteiger partial charge is 0.145 e. The SMILES string of the molecule is COc1cccc(C=NOCc2ccccc2F)c1. The minimum Gasteiger partial charge on any atom is -0.497 e. The first-order valence-corrected chi connectivity index (χ1v) is 5.82. The number of hydrogen-bond donors (Lipinski definition) is 0. The molecule has 0 radical (unpaired) electrons. The number of rotatable bonds is 5. The van der Waals surface area contributed by atoms with E-state index in [0.29, 0.717) is 5.56 Å². The first kappa shape index (κ1) is 13.1. The van der Waals surface area contributed by atoms with Crippen LogP contribution in [0.4, 0.5) is 4.39 Å². The largest absolute Gasteiger partial charge is 0.497 e. The molecule has 2 rings (SSSR count). The summed E-state index contributed by atoms with van der Waals surface area (Å²) in [7, 11) is 1.60. The van der Waals surface area contributed by atoms with Crippen molar-refractivity contribution in [2.24, 2.45) is 5.16 Å². The average molecular weight is 259 g/mol. The molecule has 4 heteroatoms. The van der Waals surface area contributed by atoms with E-state index in [1.165, 1.54) is 6.07 Å². The van der Waals surface area contributed by atoms with Crippen molar-refractivity contribution in [2.45, 2.75) is 6.61 Å². The van der Waals surface area contributed by atoms with Crippen LogP contribution in [-0.4, -0.2) is 13.3 Å². The fourth-order valence-corrected chi connectivity index (χ4v) is 1.54.